The second-order valence-corrected chi connectivity index (χ2v) is 3.95. The van der Waals surface area contributed by atoms with Crippen molar-refractivity contribution in [3.8, 4) is 11.4 Å². The summed E-state index contributed by atoms with van der Waals surface area (Å²) in [5.41, 5.74) is 1.18. The average Bonchev–Trinajstić information content (AvgIpc) is 2.92. The summed E-state index contributed by atoms with van der Waals surface area (Å²) >= 11 is 1.49. The molecule has 0 aromatic carbocycles. The number of imidazole rings is 1. The predicted octanol–water partition coefficient (Wildman–Crippen LogP) is 1.75. The summed E-state index contributed by atoms with van der Waals surface area (Å²) < 4.78 is 6.52. The summed E-state index contributed by atoms with van der Waals surface area (Å²) in [5.74, 6) is -1.31. The highest BCUT2D eigenvalue weighted by atomic mass is 32.1. The number of carboxylic acid groups (broad SMARTS) is 1. The second-order valence-electron chi connectivity index (χ2n) is 3.08. The molecule has 1 N–H and O–H groups in total. The van der Waals surface area contributed by atoms with E-state index in [9.17, 15) is 4.79 Å². The van der Waals surface area contributed by atoms with Crippen molar-refractivity contribution in [1.82, 2.24) is 14.5 Å². The van der Waals surface area contributed by atoms with E-state index in [1.165, 1.54) is 17.4 Å². The normalized spacial score (nSPS) is 11.0. The SMILES string of the molecule is O=C(O)c1cc(-c2cnc3sccn23)no1. The van der Waals surface area contributed by atoms with Gasteiger partial charge < -0.3 is 9.63 Å². The van der Waals surface area contributed by atoms with Crippen LogP contribution >= 0.6 is 11.3 Å². The lowest BCUT2D eigenvalue weighted by atomic mass is 10.3. The third kappa shape index (κ3) is 1.22. The van der Waals surface area contributed by atoms with E-state index in [1.807, 2.05) is 16.0 Å². The van der Waals surface area contributed by atoms with E-state index in [4.69, 9.17) is 5.11 Å². The molecule has 0 spiro atoms. The fourth-order valence-electron chi connectivity index (χ4n) is 1.41. The molecule has 16 heavy (non-hydrogen) atoms. The van der Waals surface area contributed by atoms with Gasteiger partial charge in [0.2, 0.25) is 5.76 Å². The van der Waals surface area contributed by atoms with Crippen molar-refractivity contribution < 1.29 is 14.4 Å². The van der Waals surface area contributed by atoms with E-state index in [0.717, 1.165) is 4.96 Å². The molecule has 0 unspecified atom stereocenters. The van der Waals surface area contributed by atoms with Crippen LogP contribution in [0.5, 0.6) is 0 Å². The van der Waals surface area contributed by atoms with Crippen molar-refractivity contribution in [2.24, 2.45) is 0 Å². The standard InChI is InChI=1S/C9H5N3O3S/c13-8(14)7-3-5(11-15-7)6-4-10-9-12(6)1-2-16-9/h1-4H,(H,13,14). The van der Waals surface area contributed by atoms with Gasteiger partial charge in [0, 0.05) is 17.6 Å². The molecule has 7 heteroatoms. The fourth-order valence-corrected chi connectivity index (χ4v) is 2.10. The van der Waals surface area contributed by atoms with Crippen LogP contribution in [0.2, 0.25) is 0 Å². The van der Waals surface area contributed by atoms with Gasteiger partial charge in [-0.05, 0) is 0 Å². The molecule has 0 bridgehead atoms. The lowest BCUT2D eigenvalue weighted by Crippen LogP contribution is -1.91. The van der Waals surface area contributed by atoms with Gasteiger partial charge in [0.15, 0.2) is 4.96 Å². The lowest BCUT2D eigenvalue weighted by Gasteiger charge is -1.89. The first kappa shape index (κ1) is 9.10. The maximum absolute atomic E-state index is 10.6. The summed E-state index contributed by atoms with van der Waals surface area (Å²) in [6.07, 6.45) is 3.48. The highest BCUT2D eigenvalue weighted by Gasteiger charge is 2.15. The number of hydrogen-bond acceptors (Lipinski definition) is 5. The Bertz CT molecular complexity index is 666. The van der Waals surface area contributed by atoms with Gasteiger partial charge in [-0.25, -0.2) is 9.78 Å². The molecule has 6 nitrogen and oxygen atoms in total. The van der Waals surface area contributed by atoms with E-state index in [2.05, 4.69) is 14.7 Å². The number of aromatic carboxylic acids is 1. The van der Waals surface area contributed by atoms with Crippen LogP contribution in [0.3, 0.4) is 0 Å². The van der Waals surface area contributed by atoms with Crippen LogP contribution in [0, 0.1) is 0 Å². The number of carboxylic acids is 1. The Balaban J connectivity index is 2.15. The van der Waals surface area contributed by atoms with Crippen LogP contribution in [-0.2, 0) is 0 Å². The number of fused-ring (bicyclic) bond motifs is 1. The van der Waals surface area contributed by atoms with Crippen LogP contribution in [0.25, 0.3) is 16.3 Å². The molecule has 3 rings (SSSR count). The molecule has 0 fully saturated rings. The molecule has 0 aliphatic heterocycles. The highest BCUT2D eigenvalue weighted by molar-refractivity contribution is 7.15. The minimum absolute atomic E-state index is 0.180. The zero-order valence-electron chi connectivity index (χ0n) is 7.82. The second kappa shape index (κ2) is 3.17. The number of rotatable bonds is 2. The summed E-state index contributed by atoms with van der Waals surface area (Å²) in [7, 11) is 0. The molecule has 0 atom stereocenters. The maximum Gasteiger partial charge on any atom is 0.374 e. The van der Waals surface area contributed by atoms with Crippen LogP contribution in [0.1, 0.15) is 10.6 Å². The van der Waals surface area contributed by atoms with Gasteiger partial charge in [-0.1, -0.05) is 5.16 Å². The van der Waals surface area contributed by atoms with Gasteiger partial charge in [0.1, 0.15) is 5.69 Å². The highest BCUT2D eigenvalue weighted by Crippen LogP contribution is 2.22. The Hall–Kier alpha value is -2.15. The van der Waals surface area contributed by atoms with Crippen molar-refractivity contribution in [2.45, 2.75) is 0 Å². The number of aromatic nitrogens is 3. The molecular formula is C9H5N3O3S. The summed E-state index contributed by atoms with van der Waals surface area (Å²) in [4.78, 5) is 15.6. The van der Waals surface area contributed by atoms with Crippen LogP contribution in [-0.4, -0.2) is 25.6 Å². The number of nitrogens with zero attached hydrogens (tertiary/aromatic N) is 3. The van der Waals surface area contributed by atoms with E-state index in [1.54, 1.807) is 6.20 Å². The minimum Gasteiger partial charge on any atom is -0.475 e. The minimum atomic E-state index is -1.13. The van der Waals surface area contributed by atoms with E-state index < -0.39 is 5.97 Å². The Kier molecular flexibility index (Phi) is 1.80. The third-order valence-corrected chi connectivity index (χ3v) is 2.90. The lowest BCUT2D eigenvalue weighted by molar-refractivity contribution is 0.0652. The zero-order valence-corrected chi connectivity index (χ0v) is 8.64. The van der Waals surface area contributed by atoms with Gasteiger partial charge in [-0.3, -0.25) is 4.40 Å². The third-order valence-electron chi connectivity index (χ3n) is 2.13. The molecule has 3 aromatic heterocycles. The molecule has 0 saturated carbocycles. The van der Waals surface area contributed by atoms with Crippen molar-refractivity contribution in [2.75, 3.05) is 0 Å². The molecule has 0 amide bonds. The molecule has 0 aliphatic rings. The largest absolute Gasteiger partial charge is 0.475 e. The summed E-state index contributed by atoms with van der Waals surface area (Å²) in [5, 5.41) is 14.3. The number of hydrogen-bond donors (Lipinski definition) is 1. The molecule has 0 radical (unpaired) electrons. The summed E-state index contributed by atoms with van der Waals surface area (Å²) in [6, 6.07) is 1.38. The van der Waals surface area contributed by atoms with Crippen molar-refractivity contribution >= 4 is 22.3 Å². The topological polar surface area (TPSA) is 80.6 Å². The Morgan fingerprint density at radius 2 is 2.44 bits per heavy atom. The summed E-state index contributed by atoms with van der Waals surface area (Å²) in [6.45, 7) is 0. The number of carbonyl (C=O) groups is 1. The van der Waals surface area contributed by atoms with Crippen LogP contribution in [0.15, 0.2) is 28.4 Å². The molecule has 0 saturated heterocycles. The van der Waals surface area contributed by atoms with E-state index in [-0.39, 0.29) is 5.76 Å². The van der Waals surface area contributed by atoms with Gasteiger partial charge in [0.25, 0.3) is 0 Å². The van der Waals surface area contributed by atoms with Gasteiger partial charge in [-0.2, -0.15) is 0 Å². The monoisotopic (exact) mass is 235 g/mol. The zero-order chi connectivity index (χ0) is 11.1. The molecular weight excluding hydrogens is 230 g/mol. The van der Waals surface area contributed by atoms with E-state index >= 15 is 0 Å². The fraction of sp³-hybridized carbons (Fsp3) is 0. The first-order valence-electron chi connectivity index (χ1n) is 4.36. The van der Waals surface area contributed by atoms with Crippen molar-refractivity contribution in [1.29, 1.82) is 0 Å². The van der Waals surface area contributed by atoms with Crippen molar-refractivity contribution in [3.05, 3.63) is 29.6 Å². The van der Waals surface area contributed by atoms with E-state index in [0.29, 0.717) is 11.4 Å². The Labute approximate surface area is 92.8 Å². The molecule has 80 valence electrons. The number of thiazole rings is 1. The quantitative estimate of drug-likeness (QED) is 0.731. The first-order valence-corrected chi connectivity index (χ1v) is 5.24. The van der Waals surface area contributed by atoms with Crippen molar-refractivity contribution in [3.63, 3.8) is 0 Å². The Morgan fingerprint density at radius 1 is 1.56 bits per heavy atom. The van der Waals surface area contributed by atoms with Crippen LogP contribution < -0.4 is 0 Å². The molecule has 3 heterocycles. The molecule has 0 aliphatic carbocycles. The molecule has 3 aromatic rings. The maximum atomic E-state index is 10.6. The van der Waals surface area contributed by atoms with Gasteiger partial charge in [-0.15, -0.1) is 11.3 Å². The van der Waals surface area contributed by atoms with Gasteiger partial charge >= 0.3 is 5.97 Å². The Morgan fingerprint density at radius 3 is 3.19 bits per heavy atom. The van der Waals surface area contributed by atoms with Gasteiger partial charge in [0.05, 0.1) is 11.9 Å². The smallest absolute Gasteiger partial charge is 0.374 e. The first-order chi connectivity index (χ1) is 7.75. The average molecular weight is 235 g/mol. The predicted molar refractivity (Wildman–Crippen MR) is 55.5 cm³/mol. The van der Waals surface area contributed by atoms with Crippen LogP contribution in [0.4, 0.5) is 0 Å².